The lowest BCUT2D eigenvalue weighted by molar-refractivity contribution is -0.157. The van der Waals surface area contributed by atoms with Gasteiger partial charge in [-0.05, 0) is 48.6 Å². The Bertz CT molecular complexity index is 2050. The highest BCUT2D eigenvalue weighted by molar-refractivity contribution is 6.51. The molecule has 58 heavy (non-hydrogen) atoms. The summed E-state index contributed by atoms with van der Waals surface area (Å²) < 4.78 is 30.2. The summed E-state index contributed by atoms with van der Waals surface area (Å²) in [7, 11) is 0. The van der Waals surface area contributed by atoms with Gasteiger partial charge in [-0.1, -0.05) is 36.5 Å². The van der Waals surface area contributed by atoms with Crippen LogP contribution >= 0.6 is 0 Å². The molecule has 6 bridgehead atoms. The van der Waals surface area contributed by atoms with E-state index in [0.717, 1.165) is 24.3 Å². The normalized spacial score (nSPS) is 39.5. The number of carbonyl (C=O) groups is 10. The van der Waals surface area contributed by atoms with Crippen molar-refractivity contribution >= 4 is 58.2 Å². The molecule has 4 aliphatic carbocycles. The molecule has 2 spiro atoms. The molecule has 4 saturated heterocycles. The van der Waals surface area contributed by atoms with Crippen LogP contribution in [0, 0.1) is 46.3 Å². The van der Waals surface area contributed by atoms with Crippen LogP contribution in [-0.4, -0.2) is 94.8 Å². The summed E-state index contributed by atoms with van der Waals surface area (Å²) in [6, 6.07) is 7.33. The summed E-state index contributed by atoms with van der Waals surface area (Å²) in [6.45, 7) is 0. The van der Waals surface area contributed by atoms with Gasteiger partial charge in [0.15, 0.2) is 46.3 Å². The average molecular weight is 794 g/mol. The molecule has 0 amide bonds. The van der Waals surface area contributed by atoms with Gasteiger partial charge in [-0.15, -0.1) is 0 Å². The van der Waals surface area contributed by atoms with Gasteiger partial charge in [0.05, 0.1) is 85.3 Å². The number of hydrogen-bond acceptors (Lipinski definition) is 16. The van der Waals surface area contributed by atoms with Crippen LogP contribution in [0.5, 0.6) is 0 Å². The highest BCUT2D eigenvalue weighted by atomic mass is 16.6. The maximum atomic E-state index is 13.1. The van der Waals surface area contributed by atoms with Crippen molar-refractivity contribution in [3.05, 3.63) is 110 Å². The van der Waals surface area contributed by atoms with Gasteiger partial charge < -0.3 is 27.8 Å². The molecule has 9 heterocycles. The average Bonchev–Trinajstić information content (AvgIpc) is 4.07. The Kier molecular flexibility index (Phi) is 8.76. The van der Waals surface area contributed by atoms with Crippen molar-refractivity contribution in [3.8, 4) is 0 Å². The van der Waals surface area contributed by atoms with Gasteiger partial charge in [0.1, 0.15) is 11.8 Å². The minimum atomic E-state index is -2.08. The number of esters is 2. The second-order valence-electron chi connectivity index (χ2n) is 14.9. The van der Waals surface area contributed by atoms with E-state index in [1.54, 1.807) is 49.4 Å². The SMILES string of the molecule is O=C1C2C3C=CC(O3)C2C(=O)C12C(=O)C1C3C=CC(O3)C1C2=O.O=C1C=CC(=O)C12C(=O)C=CC2=O.O=C1OC(=O)C2C3C=CC(O3)C12.[2HH].c1ccoc1.c1ccoc1. The minimum Gasteiger partial charge on any atom is -0.473 e. The summed E-state index contributed by atoms with van der Waals surface area (Å²) in [5.74, 6) is -9.37. The number of hydrogen-bond donors (Lipinski definition) is 0. The van der Waals surface area contributed by atoms with Gasteiger partial charge in [0.25, 0.3) is 0 Å². The first-order chi connectivity index (χ1) is 27.9. The Labute approximate surface area is 328 Å². The lowest BCUT2D eigenvalue weighted by Gasteiger charge is -2.21. The zero-order valence-corrected chi connectivity index (χ0v) is 29.9. The minimum absolute atomic E-state index is 0. The zero-order chi connectivity index (χ0) is 40.7. The predicted octanol–water partition coefficient (Wildman–Crippen LogP) is 1.25. The van der Waals surface area contributed by atoms with Crippen LogP contribution in [-0.2, 0) is 66.9 Å². The lowest BCUT2D eigenvalue weighted by Crippen LogP contribution is -2.48. The van der Waals surface area contributed by atoms with Gasteiger partial charge >= 0.3 is 11.9 Å². The number of ketones is 8. The van der Waals surface area contributed by atoms with Crippen molar-refractivity contribution in [3.63, 3.8) is 0 Å². The van der Waals surface area contributed by atoms with Crippen molar-refractivity contribution in [2.45, 2.75) is 36.6 Å². The van der Waals surface area contributed by atoms with E-state index in [4.69, 9.17) is 14.2 Å². The van der Waals surface area contributed by atoms with Crippen molar-refractivity contribution in [1.82, 2.24) is 0 Å². The molecule has 2 aromatic rings. The highest BCUT2D eigenvalue weighted by Crippen LogP contribution is 2.60. The molecular weight excluding hydrogens is 760 g/mol. The van der Waals surface area contributed by atoms with Crippen molar-refractivity contribution in [2.75, 3.05) is 0 Å². The third kappa shape index (κ3) is 5.04. The fraction of sp³-hybridized carbons (Fsp3) is 0.333. The maximum Gasteiger partial charge on any atom is 0.320 e. The third-order valence-electron chi connectivity index (χ3n) is 12.2. The largest absolute Gasteiger partial charge is 0.473 e. The molecule has 296 valence electrons. The van der Waals surface area contributed by atoms with E-state index in [0.29, 0.717) is 0 Å². The Morgan fingerprint density at radius 1 is 0.362 bits per heavy atom. The van der Waals surface area contributed by atoms with Crippen LogP contribution in [0.25, 0.3) is 0 Å². The molecule has 13 rings (SSSR count). The molecule has 11 aliphatic rings. The smallest absolute Gasteiger partial charge is 0.320 e. The van der Waals surface area contributed by atoms with E-state index in [9.17, 15) is 47.9 Å². The number of carbonyl (C=O) groups excluding carboxylic acids is 10. The molecule has 7 aliphatic heterocycles. The molecule has 2 saturated carbocycles. The molecule has 16 heteroatoms. The number of fused-ring (bicyclic) bond motifs is 15. The lowest BCUT2D eigenvalue weighted by atomic mass is 9.77. The van der Waals surface area contributed by atoms with Crippen LogP contribution in [0.2, 0.25) is 0 Å². The van der Waals surface area contributed by atoms with E-state index in [1.807, 2.05) is 36.4 Å². The Hall–Kier alpha value is -6.36. The predicted molar refractivity (Wildman–Crippen MR) is 188 cm³/mol. The summed E-state index contributed by atoms with van der Waals surface area (Å²) in [5.41, 5.74) is -4.14. The molecule has 0 radical (unpaired) electrons. The van der Waals surface area contributed by atoms with E-state index in [1.165, 1.54) is 0 Å². The van der Waals surface area contributed by atoms with Crippen molar-refractivity contribution in [2.24, 2.45) is 46.3 Å². The second kappa shape index (κ2) is 13.6. The zero-order valence-electron chi connectivity index (χ0n) is 29.9. The van der Waals surface area contributed by atoms with Gasteiger partial charge in [-0.2, -0.15) is 0 Å². The first-order valence-corrected chi connectivity index (χ1v) is 18.4. The fourth-order valence-electron chi connectivity index (χ4n) is 9.69. The molecule has 6 fully saturated rings. The second-order valence-corrected chi connectivity index (χ2v) is 14.9. The van der Waals surface area contributed by atoms with Gasteiger partial charge in [-0.3, -0.25) is 47.9 Å². The number of rotatable bonds is 0. The topological polar surface area (TPSA) is 234 Å². The molecule has 0 N–H and O–H groups in total. The quantitative estimate of drug-likeness (QED) is 0.207. The Morgan fingerprint density at radius 3 is 0.862 bits per heavy atom. The standard InChI is InChI=1S/C17H12O6.C9H4O4.C8H6O4.2C4H4O.H2/c18-13-9-5-1-2-6(22-5)10(9)14(19)17(13)15(20)11-7-3-4-8(23-7)12(11)16(17)21;10-5-1-2-6(11)9(5)7(12)3-4-8(9)13;9-7-5-3-1-2-4(11-3)6(5)8(10)12-7;2*1-2-4-5-3-1;/h1-12H;1-4H;1-6H;2*1-4H;1H/i;;;;;1+1. The number of cyclic esters (lactones) is 2. The van der Waals surface area contributed by atoms with Crippen LogP contribution < -0.4 is 0 Å². The Morgan fingerprint density at radius 2 is 0.621 bits per heavy atom. The molecule has 12 unspecified atom stereocenters. The Balaban J connectivity index is 0.000000115. The van der Waals surface area contributed by atoms with Crippen LogP contribution in [0.15, 0.2) is 119 Å². The molecule has 2 aromatic heterocycles. The summed E-state index contributed by atoms with van der Waals surface area (Å²) >= 11 is 0. The number of furan rings is 2. The van der Waals surface area contributed by atoms with E-state index in [2.05, 4.69) is 13.6 Å². The molecule has 0 aromatic carbocycles. The molecule has 12 atom stereocenters. The van der Waals surface area contributed by atoms with Crippen LogP contribution in [0.4, 0.5) is 0 Å². The van der Waals surface area contributed by atoms with Gasteiger partial charge in [-0.25, -0.2) is 0 Å². The number of allylic oxidation sites excluding steroid dienone is 4. The van der Waals surface area contributed by atoms with Gasteiger partial charge in [0, 0.05) is 1.43 Å². The fourth-order valence-corrected chi connectivity index (χ4v) is 9.69. The summed E-state index contributed by atoms with van der Waals surface area (Å²) in [5, 5.41) is 0. The first kappa shape index (κ1) is 37.2. The van der Waals surface area contributed by atoms with E-state index in [-0.39, 0.29) is 25.5 Å². The summed E-state index contributed by atoms with van der Waals surface area (Å²) in [6.07, 6.45) is 18.7. The third-order valence-corrected chi connectivity index (χ3v) is 12.2. The number of ether oxygens (including phenoxy) is 4. The highest BCUT2D eigenvalue weighted by Gasteiger charge is 2.80. The monoisotopic (exact) mass is 793 g/mol. The van der Waals surface area contributed by atoms with Crippen LogP contribution in [0.1, 0.15) is 1.43 Å². The van der Waals surface area contributed by atoms with E-state index >= 15 is 0 Å². The first-order valence-electron chi connectivity index (χ1n) is 18.4. The summed E-state index contributed by atoms with van der Waals surface area (Å²) in [4.78, 5) is 119. The van der Waals surface area contributed by atoms with E-state index < -0.39 is 117 Å². The van der Waals surface area contributed by atoms with Crippen molar-refractivity contribution in [1.29, 1.82) is 0 Å². The number of Topliss-reactive ketones (excluding diaryl/α,β-unsaturated/α-hetero) is 4. The molecular formula is C42H32O16. The van der Waals surface area contributed by atoms with Crippen LogP contribution in [0.3, 0.4) is 0 Å². The molecule has 16 nitrogen and oxygen atoms in total. The maximum absolute atomic E-state index is 13.1. The van der Waals surface area contributed by atoms with Crippen molar-refractivity contribution < 1.29 is 77.2 Å². The van der Waals surface area contributed by atoms with Gasteiger partial charge in [0.2, 0.25) is 10.8 Å².